The molecule has 1 aromatic heterocycles. The molecule has 0 saturated carbocycles. The molecule has 124 valence electrons. The predicted molar refractivity (Wildman–Crippen MR) is 91.4 cm³/mol. The Bertz CT molecular complexity index is 907. The molecule has 1 saturated heterocycles. The standard InChI is InChI=1S/C16H15N3O3S2/c17-11-13-6-9-23-16(13)18-15(20)12-4-3-5-14(10-12)24(21,22)19-7-1-2-8-19/h3-6,9-10H,1-2,7-8H2,(H,18,20). The van der Waals surface area contributed by atoms with Crippen molar-refractivity contribution in [3.05, 3.63) is 46.8 Å². The topological polar surface area (TPSA) is 90.3 Å². The Morgan fingerprint density at radius 3 is 2.71 bits per heavy atom. The van der Waals surface area contributed by atoms with E-state index in [1.165, 1.54) is 27.8 Å². The quantitative estimate of drug-likeness (QED) is 0.906. The van der Waals surface area contributed by atoms with Crippen molar-refractivity contribution in [3.8, 4) is 6.07 Å². The number of benzene rings is 1. The maximum atomic E-state index is 12.6. The smallest absolute Gasteiger partial charge is 0.256 e. The Morgan fingerprint density at radius 2 is 2.00 bits per heavy atom. The first-order valence-electron chi connectivity index (χ1n) is 7.41. The van der Waals surface area contributed by atoms with Crippen molar-refractivity contribution in [1.29, 1.82) is 5.26 Å². The van der Waals surface area contributed by atoms with Gasteiger partial charge >= 0.3 is 0 Å². The van der Waals surface area contributed by atoms with E-state index >= 15 is 0 Å². The highest BCUT2D eigenvalue weighted by Crippen LogP contribution is 2.24. The summed E-state index contributed by atoms with van der Waals surface area (Å²) in [6.07, 6.45) is 1.71. The van der Waals surface area contributed by atoms with Crippen molar-refractivity contribution in [3.63, 3.8) is 0 Å². The highest BCUT2D eigenvalue weighted by atomic mass is 32.2. The number of nitrogens with one attached hydrogen (secondary N) is 1. The summed E-state index contributed by atoms with van der Waals surface area (Å²) in [4.78, 5) is 12.5. The summed E-state index contributed by atoms with van der Waals surface area (Å²) in [5, 5.41) is 13.8. The van der Waals surface area contributed by atoms with Crippen molar-refractivity contribution in [2.75, 3.05) is 18.4 Å². The van der Waals surface area contributed by atoms with Crippen LogP contribution in [0.4, 0.5) is 5.00 Å². The maximum absolute atomic E-state index is 12.6. The third-order valence-corrected chi connectivity index (χ3v) is 6.54. The zero-order valence-electron chi connectivity index (χ0n) is 12.7. The molecule has 3 rings (SSSR count). The van der Waals surface area contributed by atoms with Crippen LogP contribution >= 0.6 is 11.3 Å². The van der Waals surface area contributed by atoms with E-state index in [9.17, 15) is 13.2 Å². The van der Waals surface area contributed by atoms with Gasteiger partial charge in [0.05, 0.1) is 10.5 Å². The summed E-state index contributed by atoms with van der Waals surface area (Å²) in [7, 11) is -3.57. The minimum Gasteiger partial charge on any atom is -0.312 e. The number of nitrogens with zero attached hydrogens (tertiary/aromatic N) is 2. The lowest BCUT2D eigenvalue weighted by molar-refractivity contribution is 0.102. The van der Waals surface area contributed by atoms with E-state index < -0.39 is 15.9 Å². The fraction of sp³-hybridized carbons (Fsp3) is 0.250. The first-order chi connectivity index (χ1) is 11.5. The molecule has 1 aliphatic rings. The summed E-state index contributed by atoms with van der Waals surface area (Å²) < 4.78 is 26.6. The molecule has 2 heterocycles. The van der Waals surface area contributed by atoms with Crippen molar-refractivity contribution >= 4 is 32.3 Å². The molecule has 1 N–H and O–H groups in total. The zero-order valence-corrected chi connectivity index (χ0v) is 14.4. The number of rotatable bonds is 4. The second-order valence-corrected chi connectivity index (χ2v) is 8.22. The Balaban J connectivity index is 1.85. The van der Waals surface area contributed by atoms with Gasteiger partial charge in [-0.05, 0) is 42.5 Å². The number of thiophene rings is 1. The molecule has 8 heteroatoms. The molecule has 0 aliphatic carbocycles. The molecule has 1 aromatic carbocycles. The van der Waals surface area contributed by atoms with Crippen LogP contribution in [0.1, 0.15) is 28.8 Å². The van der Waals surface area contributed by atoms with Gasteiger partial charge in [0.25, 0.3) is 5.91 Å². The lowest BCUT2D eigenvalue weighted by atomic mass is 10.2. The Morgan fingerprint density at radius 1 is 1.25 bits per heavy atom. The summed E-state index contributed by atoms with van der Waals surface area (Å²) >= 11 is 1.25. The van der Waals surface area contributed by atoms with Gasteiger partial charge in [0.15, 0.2) is 0 Å². The first kappa shape index (κ1) is 16.6. The van der Waals surface area contributed by atoms with Gasteiger partial charge in [-0.15, -0.1) is 11.3 Å². The second-order valence-electron chi connectivity index (χ2n) is 5.37. The van der Waals surface area contributed by atoms with E-state index in [4.69, 9.17) is 5.26 Å². The lowest BCUT2D eigenvalue weighted by Gasteiger charge is -2.15. The molecule has 24 heavy (non-hydrogen) atoms. The van der Waals surface area contributed by atoms with Gasteiger partial charge in [-0.1, -0.05) is 6.07 Å². The molecule has 0 radical (unpaired) electrons. The van der Waals surface area contributed by atoms with Crippen LogP contribution < -0.4 is 5.32 Å². The predicted octanol–water partition coefficient (Wildman–Crippen LogP) is 2.66. The van der Waals surface area contributed by atoms with Crippen LogP contribution in [0.5, 0.6) is 0 Å². The van der Waals surface area contributed by atoms with Crippen LogP contribution in [-0.4, -0.2) is 31.7 Å². The van der Waals surface area contributed by atoms with Crippen LogP contribution in [-0.2, 0) is 10.0 Å². The molecular formula is C16H15N3O3S2. The highest BCUT2D eigenvalue weighted by Gasteiger charge is 2.27. The molecular weight excluding hydrogens is 346 g/mol. The maximum Gasteiger partial charge on any atom is 0.256 e. The Labute approximate surface area is 144 Å². The van der Waals surface area contributed by atoms with Gasteiger partial charge in [0, 0.05) is 18.7 Å². The molecule has 0 atom stereocenters. The van der Waals surface area contributed by atoms with Crippen molar-refractivity contribution in [2.24, 2.45) is 0 Å². The van der Waals surface area contributed by atoms with E-state index in [0.29, 0.717) is 23.7 Å². The number of sulfonamides is 1. The number of anilines is 1. The van der Waals surface area contributed by atoms with Gasteiger partial charge in [0.2, 0.25) is 10.0 Å². The number of nitriles is 1. The normalized spacial score (nSPS) is 15.1. The molecule has 0 bridgehead atoms. The van der Waals surface area contributed by atoms with Gasteiger partial charge < -0.3 is 5.32 Å². The molecule has 0 unspecified atom stereocenters. The van der Waals surface area contributed by atoms with Gasteiger partial charge in [-0.2, -0.15) is 9.57 Å². The number of carbonyl (C=O) groups excluding carboxylic acids is 1. The largest absolute Gasteiger partial charge is 0.312 e. The van der Waals surface area contributed by atoms with E-state index in [2.05, 4.69) is 5.32 Å². The van der Waals surface area contributed by atoms with Gasteiger partial charge in [-0.3, -0.25) is 4.79 Å². The fourth-order valence-corrected chi connectivity index (χ4v) is 4.84. The molecule has 1 aliphatic heterocycles. The number of hydrogen-bond acceptors (Lipinski definition) is 5. The van der Waals surface area contributed by atoms with E-state index in [1.807, 2.05) is 6.07 Å². The minimum atomic E-state index is -3.57. The van der Waals surface area contributed by atoms with Crippen LogP contribution in [0.25, 0.3) is 0 Å². The summed E-state index contributed by atoms with van der Waals surface area (Å²) in [6.45, 7) is 1.03. The summed E-state index contributed by atoms with van der Waals surface area (Å²) in [5.41, 5.74) is 0.627. The minimum absolute atomic E-state index is 0.115. The van der Waals surface area contributed by atoms with E-state index in [0.717, 1.165) is 12.8 Å². The second kappa shape index (κ2) is 6.73. The highest BCUT2D eigenvalue weighted by molar-refractivity contribution is 7.89. The fourth-order valence-electron chi connectivity index (χ4n) is 2.54. The molecule has 1 amide bonds. The van der Waals surface area contributed by atoms with Crippen LogP contribution in [0, 0.1) is 11.3 Å². The van der Waals surface area contributed by atoms with E-state index in [1.54, 1.807) is 23.6 Å². The average Bonchev–Trinajstić information content (AvgIpc) is 3.26. The zero-order chi connectivity index (χ0) is 17.2. The molecule has 6 nitrogen and oxygen atoms in total. The van der Waals surface area contributed by atoms with Crippen LogP contribution in [0.15, 0.2) is 40.6 Å². The third-order valence-electron chi connectivity index (χ3n) is 3.81. The Hall–Kier alpha value is -2.21. The number of hydrogen-bond donors (Lipinski definition) is 1. The summed E-state index contributed by atoms with van der Waals surface area (Å²) in [5.74, 6) is -0.438. The molecule has 2 aromatic rings. The monoisotopic (exact) mass is 361 g/mol. The SMILES string of the molecule is N#Cc1ccsc1NC(=O)c1cccc(S(=O)(=O)N2CCCC2)c1. The average molecular weight is 361 g/mol. The van der Waals surface area contributed by atoms with Crippen molar-refractivity contribution in [2.45, 2.75) is 17.7 Å². The van der Waals surface area contributed by atoms with Gasteiger partial charge in [-0.25, -0.2) is 8.42 Å². The molecule has 0 spiro atoms. The van der Waals surface area contributed by atoms with Gasteiger partial charge in [0.1, 0.15) is 11.1 Å². The lowest BCUT2D eigenvalue weighted by Crippen LogP contribution is -2.28. The van der Waals surface area contributed by atoms with Crippen LogP contribution in [0.2, 0.25) is 0 Å². The Kier molecular flexibility index (Phi) is 4.66. The third kappa shape index (κ3) is 3.19. The van der Waals surface area contributed by atoms with Crippen molar-refractivity contribution < 1.29 is 13.2 Å². The van der Waals surface area contributed by atoms with E-state index in [-0.39, 0.29) is 10.5 Å². The van der Waals surface area contributed by atoms with Crippen molar-refractivity contribution in [1.82, 2.24) is 4.31 Å². The first-order valence-corrected chi connectivity index (χ1v) is 9.73. The van der Waals surface area contributed by atoms with Crippen LogP contribution in [0.3, 0.4) is 0 Å². The summed E-state index contributed by atoms with van der Waals surface area (Å²) in [6, 6.07) is 9.60. The molecule has 1 fully saturated rings. The number of amides is 1. The number of carbonyl (C=O) groups is 1.